The second-order valence-electron chi connectivity index (χ2n) is 6.60. The van der Waals surface area contributed by atoms with Gasteiger partial charge in [-0.1, -0.05) is 5.54 Å². The lowest BCUT2D eigenvalue weighted by Crippen LogP contribution is -2.53. The Labute approximate surface area is 128 Å². The normalized spacial score (nSPS) is 13.3. The molecular formula is C13H32N2O2Si3. The molecule has 0 heterocycles. The van der Waals surface area contributed by atoms with Crippen LogP contribution in [0.2, 0.25) is 44.8 Å². The Hall–Kier alpha value is 0.0506. The molecule has 7 heteroatoms. The van der Waals surface area contributed by atoms with Crippen molar-refractivity contribution < 1.29 is 8.23 Å². The van der Waals surface area contributed by atoms with Crippen molar-refractivity contribution in [2.24, 2.45) is 11.5 Å². The molecule has 0 saturated heterocycles. The third kappa shape index (κ3) is 8.36. The molecule has 0 atom stereocenters. The molecule has 0 aromatic carbocycles. The predicted molar refractivity (Wildman–Crippen MR) is 94.5 cm³/mol. The van der Waals surface area contributed by atoms with Crippen LogP contribution in [0.5, 0.6) is 0 Å². The summed E-state index contributed by atoms with van der Waals surface area (Å²) < 4.78 is 12.7. The number of terminal acetylenes is 1. The van der Waals surface area contributed by atoms with Gasteiger partial charge in [0.1, 0.15) is 0 Å². The monoisotopic (exact) mass is 332 g/mol. The van der Waals surface area contributed by atoms with Gasteiger partial charge in [-0.2, -0.15) is 0 Å². The molecule has 20 heavy (non-hydrogen) atoms. The van der Waals surface area contributed by atoms with Gasteiger partial charge in [-0.25, -0.2) is 0 Å². The quantitative estimate of drug-likeness (QED) is 0.476. The van der Waals surface area contributed by atoms with Gasteiger partial charge in [-0.15, -0.1) is 6.42 Å². The molecule has 118 valence electrons. The fourth-order valence-electron chi connectivity index (χ4n) is 2.29. The Morgan fingerprint density at radius 3 is 1.45 bits per heavy atom. The highest BCUT2D eigenvalue weighted by Crippen LogP contribution is 2.25. The van der Waals surface area contributed by atoms with Gasteiger partial charge in [-0.05, 0) is 70.8 Å². The number of hydrogen-bond acceptors (Lipinski definition) is 4. The first kappa shape index (κ1) is 20.1. The number of nitrogens with two attached hydrogens (primary N) is 2. The maximum absolute atomic E-state index is 6.36. The molecule has 0 aliphatic rings. The van der Waals surface area contributed by atoms with Crippen molar-refractivity contribution in [3.8, 4) is 12.0 Å². The minimum Gasteiger partial charge on any atom is -0.428 e. The Bertz CT molecular complexity index is 308. The maximum atomic E-state index is 6.36. The molecule has 0 spiro atoms. The Morgan fingerprint density at radius 2 is 1.20 bits per heavy atom. The Kier molecular flexibility index (Phi) is 8.50. The predicted octanol–water partition coefficient (Wildman–Crippen LogP) is 2.37. The molecule has 0 bridgehead atoms. The second-order valence-corrected chi connectivity index (χ2v) is 18.4. The molecule has 0 aromatic rings. The summed E-state index contributed by atoms with van der Waals surface area (Å²) in [4.78, 5) is 0. The summed E-state index contributed by atoms with van der Waals surface area (Å²) in [6.07, 6.45) is 7.71. The Morgan fingerprint density at radius 1 is 0.850 bits per heavy atom. The summed E-state index contributed by atoms with van der Waals surface area (Å²) in [6.45, 7) is 12.2. The number of hydrogen-bond donors (Lipinski definition) is 2. The van der Waals surface area contributed by atoms with Crippen molar-refractivity contribution in [1.82, 2.24) is 0 Å². The van der Waals surface area contributed by atoms with Crippen molar-refractivity contribution >= 4 is 25.2 Å². The van der Waals surface area contributed by atoms with E-state index in [-0.39, 0.29) is 0 Å². The summed E-state index contributed by atoms with van der Waals surface area (Å²) in [5.41, 5.74) is 14.0. The van der Waals surface area contributed by atoms with E-state index in [0.717, 1.165) is 24.9 Å². The van der Waals surface area contributed by atoms with Crippen molar-refractivity contribution in [3.05, 3.63) is 0 Å². The minimum atomic E-state index is -2.52. The SMILES string of the molecule is C#C[Si](C)(O[Si](C)(C)CCCN)O[Si](C)(C)CCCN. The third-order valence-electron chi connectivity index (χ3n) is 3.17. The van der Waals surface area contributed by atoms with E-state index >= 15 is 0 Å². The smallest absolute Gasteiger partial charge is 0.399 e. The lowest BCUT2D eigenvalue weighted by Gasteiger charge is -2.37. The van der Waals surface area contributed by atoms with Crippen LogP contribution in [0.3, 0.4) is 0 Å². The van der Waals surface area contributed by atoms with Crippen LogP contribution >= 0.6 is 0 Å². The summed E-state index contributed by atoms with van der Waals surface area (Å²) in [7, 11) is -6.12. The van der Waals surface area contributed by atoms with Crippen LogP contribution in [0.4, 0.5) is 0 Å². The fourth-order valence-corrected chi connectivity index (χ4v) is 14.7. The van der Waals surface area contributed by atoms with Gasteiger partial charge in [0.25, 0.3) is 0 Å². The zero-order valence-corrected chi connectivity index (χ0v) is 16.8. The molecule has 4 N–H and O–H groups in total. The van der Waals surface area contributed by atoms with E-state index in [1.54, 1.807) is 0 Å². The highest BCUT2D eigenvalue weighted by Gasteiger charge is 2.42. The summed E-state index contributed by atoms with van der Waals surface area (Å²) in [5.74, 6) is 0. The topological polar surface area (TPSA) is 70.5 Å². The van der Waals surface area contributed by atoms with E-state index in [9.17, 15) is 0 Å². The van der Waals surface area contributed by atoms with E-state index in [1.165, 1.54) is 0 Å². The van der Waals surface area contributed by atoms with E-state index in [1.807, 2.05) is 6.55 Å². The average Bonchev–Trinajstić information content (AvgIpc) is 2.32. The van der Waals surface area contributed by atoms with Gasteiger partial charge in [0.05, 0.1) is 0 Å². The molecular weight excluding hydrogens is 300 g/mol. The first-order valence-electron chi connectivity index (χ1n) is 7.38. The van der Waals surface area contributed by atoms with Gasteiger partial charge >= 0.3 is 8.56 Å². The lowest BCUT2D eigenvalue weighted by atomic mass is 10.5. The van der Waals surface area contributed by atoms with Gasteiger partial charge in [-0.3, -0.25) is 0 Å². The molecule has 0 aliphatic heterocycles. The highest BCUT2D eigenvalue weighted by molar-refractivity contribution is 6.91. The van der Waals surface area contributed by atoms with E-state index in [2.05, 4.69) is 31.7 Å². The van der Waals surface area contributed by atoms with Crippen LogP contribution in [0.1, 0.15) is 12.8 Å². The van der Waals surface area contributed by atoms with Crippen molar-refractivity contribution in [2.45, 2.75) is 57.7 Å². The first-order chi connectivity index (χ1) is 9.10. The third-order valence-corrected chi connectivity index (χ3v) is 14.3. The molecule has 0 aliphatic carbocycles. The zero-order valence-electron chi connectivity index (χ0n) is 13.8. The molecule has 0 fully saturated rings. The summed E-state index contributed by atoms with van der Waals surface area (Å²) in [5, 5.41) is 0. The standard InChI is InChI=1S/C13H32N2O2Si3/c1-7-20(6,16-18(2,3)12-8-10-14)17-19(4,5)13-9-11-15/h1H,8-15H2,2-6H3. The molecule has 0 radical (unpaired) electrons. The van der Waals surface area contributed by atoms with Gasteiger partial charge in [0, 0.05) is 0 Å². The van der Waals surface area contributed by atoms with Gasteiger partial charge in [0.15, 0.2) is 16.6 Å². The minimum absolute atomic E-state index is 0.700. The largest absolute Gasteiger partial charge is 0.428 e. The van der Waals surface area contributed by atoms with E-state index < -0.39 is 25.2 Å². The summed E-state index contributed by atoms with van der Waals surface area (Å²) in [6, 6.07) is 2.06. The van der Waals surface area contributed by atoms with E-state index in [0.29, 0.717) is 13.1 Å². The average molecular weight is 333 g/mol. The van der Waals surface area contributed by atoms with Gasteiger partial charge in [0.2, 0.25) is 0 Å². The maximum Gasteiger partial charge on any atom is 0.399 e. The lowest BCUT2D eigenvalue weighted by molar-refractivity contribution is 0.397. The molecule has 0 aromatic heterocycles. The van der Waals surface area contributed by atoms with Crippen molar-refractivity contribution in [2.75, 3.05) is 13.1 Å². The molecule has 0 amide bonds. The van der Waals surface area contributed by atoms with Crippen LogP contribution in [0, 0.1) is 12.0 Å². The van der Waals surface area contributed by atoms with Crippen LogP contribution in [-0.4, -0.2) is 38.3 Å². The zero-order chi connectivity index (χ0) is 15.9. The molecule has 0 unspecified atom stereocenters. The molecule has 0 rings (SSSR count). The van der Waals surface area contributed by atoms with E-state index in [4.69, 9.17) is 26.1 Å². The molecule has 4 nitrogen and oxygen atoms in total. The van der Waals surface area contributed by atoms with Crippen LogP contribution in [0.15, 0.2) is 0 Å². The summed E-state index contributed by atoms with van der Waals surface area (Å²) >= 11 is 0. The fraction of sp³-hybridized carbons (Fsp3) is 0.846. The van der Waals surface area contributed by atoms with Crippen LogP contribution in [-0.2, 0) is 8.23 Å². The van der Waals surface area contributed by atoms with Gasteiger partial charge < -0.3 is 19.7 Å². The van der Waals surface area contributed by atoms with Crippen LogP contribution < -0.4 is 11.5 Å². The van der Waals surface area contributed by atoms with Crippen molar-refractivity contribution in [1.29, 1.82) is 0 Å². The Balaban J connectivity index is 4.73. The second kappa shape index (κ2) is 8.48. The first-order valence-corrected chi connectivity index (χ1v) is 15.9. The highest BCUT2D eigenvalue weighted by atomic mass is 28.5. The van der Waals surface area contributed by atoms with Crippen molar-refractivity contribution in [3.63, 3.8) is 0 Å². The molecule has 0 saturated carbocycles. The van der Waals surface area contributed by atoms with Crippen LogP contribution in [0.25, 0.3) is 0 Å². The number of rotatable bonds is 10.